The van der Waals surface area contributed by atoms with Crippen LogP contribution in [0.2, 0.25) is 0 Å². The number of ether oxygens (including phenoxy) is 1. The van der Waals surface area contributed by atoms with E-state index in [2.05, 4.69) is 10.3 Å². The van der Waals surface area contributed by atoms with Gasteiger partial charge in [0.2, 0.25) is 5.91 Å². The van der Waals surface area contributed by atoms with E-state index in [1.807, 2.05) is 6.92 Å². The number of nitrogens with one attached hydrogen (secondary N) is 1. The monoisotopic (exact) mass is 401 g/mol. The number of anilines is 1. The third-order valence-electron chi connectivity index (χ3n) is 4.31. The average molecular weight is 401 g/mol. The molecule has 146 valence electrons. The van der Waals surface area contributed by atoms with Crippen LogP contribution in [0.15, 0.2) is 35.4 Å². The summed E-state index contributed by atoms with van der Waals surface area (Å²) in [5.41, 5.74) is 0.406. The number of aromatic carboxylic acids is 1. The van der Waals surface area contributed by atoms with Gasteiger partial charge in [-0.1, -0.05) is 12.1 Å². The number of nitrogens with zero attached hydrogens (tertiary/aromatic N) is 2. The number of amides is 1. The third kappa shape index (κ3) is 3.48. The number of thiophene rings is 1. The molecule has 1 amide bonds. The number of carboxylic acids is 1. The zero-order valence-corrected chi connectivity index (χ0v) is 16.4. The molecule has 0 fully saturated rings. The van der Waals surface area contributed by atoms with Crippen molar-refractivity contribution < 1.29 is 19.4 Å². The summed E-state index contributed by atoms with van der Waals surface area (Å²) in [6, 6.07) is 6.16. The molecule has 0 radical (unpaired) electrons. The Hall–Kier alpha value is -3.20. The predicted molar refractivity (Wildman–Crippen MR) is 107 cm³/mol. The molecule has 0 aliphatic carbocycles. The van der Waals surface area contributed by atoms with Gasteiger partial charge in [-0.2, -0.15) is 0 Å². The quantitative estimate of drug-likeness (QED) is 0.657. The van der Waals surface area contributed by atoms with E-state index in [-0.39, 0.29) is 10.3 Å². The molecule has 1 atom stereocenters. The SMILES string of the molecule is CCOc1ccccc1NC(=O)C(C)n1cnc2sc(C(=O)O)c(C)c2c1=O. The number of para-hydroxylation sites is 2. The van der Waals surface area contributed by atoms with E-state index in [0.717, 1.165) is 11.3 Å². The van der Waals surface area contributed by atoms with Crippen molar-refractivity contribution in [3.05, 3.63) is 51.4 Å². The molecule has 0 saturated heterocycles. The van der Waals surface area contributed by atoms with Crippen LogP contribution in [0.5, 0.6) is 5.75 Å². The van der Waals surface area contributed by atoms with Gasteiger partial charge in [0.15, 0.2) is 0 Å². The Morgan fingerprint density at radius 3 is 2.75 bits per heavy atom. The van der Waals surface area contributed by atoms with Gasteiger partial charge in [0, 0.05) is 0 Å². The number of aromatic nitrogens is 2. The number of fused-ring (bicyclic) bond motifs is 1. The molecule has 2 aromatic heterocycles. The summed E-state index contributed by atoms with van der Waals surface area (Å²) in [5.74, 6) is -0.988. The first-order chi connectivity index (χ1) is 13.3. The highest BCUT2D eigenvalue weighted by atomic mass is 32.1. The normalized spacial score (nSPS) is 12.0. The highest BCUT2D eigenvalue weighted by Crippen LogP contribution is 2.28. The Balaban J connectivity index is 1.95. The number of rotatable bonds is 6. The minimum atomic E-state index is -1.11. The Morgan fingerprint density at radius 1 is 1.36 bits per heavy atom. The van der Waals surface area contributed by atoms with Crippen LogP contribution < -0.4 is 15.6 Å². The van der Waals surface area contributed by atoms with Crippen molar-refractivity contribution >= 4 is 39.1 Å². The zero-order chi connectivity index (χ0) is 20.4. The Labute approximate surface area is 164 Å². The van der Waals surface area contributed by atoms with Gasteiger partial charge in [0.25, 0.3) is 5.56 Å². The fourth-order valence-electron chi connectivity index (χ4n) is 2.83. The fraction of sp³-hybridized carbons (Fsp3) is 0.263. The molecule has 1 aromatic carbocycles. The van der Waals surface area contributed by atoms with Gasteiger partial charge in [-0.3, -0.25) is 14.2 Å². The van der Waals surface area contributed by atoms with Crippen molar-refractivity contribution in [2.45, 2.75) is 26.8 Å². The molecule has 0 saturated carbocycles. The van der Waals surface area contributed by atoms with E-state index in [1.165, 1.54) is 10.9 Å². The number of carbonyl (C=O) groups is 2. The Kier molecular flexibility index (Phi) is 5.46. The molecule has 1 unspecified atom stereocenters. The van der Waals surface area contributed by atoms with Crippen molar-refractivity contribution in [1.29, 1.82) is 0 Å². The second-order valence-electron chi connectivity index (χ2n) is 6.09. The number of hydrogen-bond donors (Lipinski definition) is 2. The van der Waals surface area contributed by atoms with E-state index in [1.54, 1.807) is 38.1 Å². The first-order valence-electron chi connectivity index (χ1n) is 8.61. The standard InChI is InChI=1S/C19H19N3O5S/c1-4-27-13-8-6-5-7-12(13)21-16(23)11(3)22-9-20-17-14(18(22)24)10(2)15(28-17)19(25)26/h5-9,11H,4H2,1-3H3,(H,21,23)(H,25,26). The number of hydrogen-bond acceptors (Lipinski definition) is 6. The van der Waals surface area contributed by atoms with Crippen LogP contribution in [0.1, 0.15) is 35.1 Å². The van der Waals surface area contributed by atoms with Crippen LogP contribution in [-0.4, -0.2) is 33.1 Å². The van der Waals surface area contributed by atoms with E-state index in [9.17, 15) is 19.5 Å². The molecule has 0 spiro atoms. The minimum absolute atomic E-state index is 0.0695. The van der Waals surface area contributed by atoms with E-state index in [4.69, 9.17) is 4.74 Å². The molecule has 0 aliphatic heterocycles. The van der Waals surface area contributed by atoms with Gasteiger partial charge in [-0.25, -0.2) is 9.78 Å². The first-order valence-corrected chi connectivity index (χ1v) is 9.43. The largest absolute Gasteiger partial charge is 0.492 e. The van der Waals surface area contributed by atoms with Crippen LogP contribution in [0.3, 0.4) is 0 Å². The summed E-state index contributed by atoms with van der Waals surface area (Å²) in [6.07, 6.45) is 1.27. The lowest BCUT2D eigenvalue weighted by Gasteiger charge is -2.16. The molecular weight excluding hydrogens is 382 g/mol. The number of aryl methyl sites for hydroxylation is 1. The lowest BCUT2D eigenvalue weighted by atomic mass is 10.2. The Morgan fingerprint density at radius 2 is 2.07 bits per heavy atom. The van der Waals surface area contributed by atoms with Crippen molar-refractivity contribution in [2.24, 2.45) is 0 Å². The molecular formula is C19H19N3O5S. The smallest absolute Gasteiger partial charge is 0.346 e. The van der Waals surface area contributed by atoms with Crippen LogP contribution in [0.25, 0.3) is 10.2 Å². The summed E-state index contributed by atoms with van der Waals surface area (Å²) < 4.78 is 6.70. The number of carboxylic acid groups (broad SMARTS) is 1. The van der Waals surface area contributed by atoms with Crippen LogP contribution in [0.4, 0.5) is 5.69 Å². The van der Waals surface area contributed by atoms with Crippen LogP contribution >= 0.6 is 11.3 Å². The second-order valence-corrected chi connectivity index (χ2v) is 7.09. The predicted octanol–water partition coefficient (Wildman–Crippen LogP) is 3.06. The molecule has 2 heterocycles. The van der Waals surface area contributed by atoms with Crippen molar-refractivity contribution in [2.75, 3.05) is 11.9 Å². The number of benzene rings is 1. The van der Waals surface area contributed by atoms with Gasteiger partial charge >= 0.3 is 5.97 Å². The van der Waals surface area contributed by atoms with E-state index < -0.39 is 23.5 Å². The van der Waals surface area contributed by atoms with Crippen LogP contribution in [0, 0.1) is 6.92 Å². The van der Waals surface area contributed by atoms with Crippen molar-refractivity contribution in [1.82, 2.24) is 9.55 Å². The number of carbonyl (C=O) groups excluding carboxylic acids is 1. The first kappa shape index (κ1) is 19.6. The minimum Gasteiger partial charge on any atom is -0.492 e. The summed E-state index contributed by atoms with van der Waals surface area (Å²) in [7, 11) is 0. The van der Waals surface area contributed by atoms with Crippen molar-refractivity contribution in [3.63, 3.8) is 0 Å². The maximum Gasteiger partial charge on any atom is 0.346 e. The highest BCUT2D eigenvalue weighted by molar-refractivity contribution is 7.20. The van der Waals surface area contributed by atoms with Crippen molar-refractivity contribution in [3.8, 4) is 5.75 Å². The maximum atomic E-state index is 12.9. The van der Waals surface area contributed by atoms with Gasteiger partial charge in [0.1, 0.15) is 21.5 Å². The summed E-state index contributed by atoms with van der Waals surface area (Å²) in [4.78, 5) is 41.5. The molecule has 3 rings (SSSR count). The summed E-state index contributed by atoms with van der Waals surface area (Å²) >= 11 is 0.944. The molecule has 8 nitrogen and oxygen atoms in total. The summed E-state index contributed by atoms with van der Waals surface area (Å²) in [6.45, 7) is 5.44. The van der Waals surface area contributed by atoms with Crippen LogP contribution in [-0.2, 0) is 4.79 Å². The third-order valence-corrected chi connectivity index (χ3v) is 5.50. The zero-order valence-electron chi connectivity index (χ0n) is 15.6. The van der Waals surface area contributed by atoms with E-state index in [0.29, 0.717) is 28.4 Å². The van der Waals surface area contributed by atoms with Gasteiger partial charge in [-0.05, 0) is 38.5 Å². The Bertz CT molecular complexity index is 1120. The highest BCUT2D eigenvalue weighted by Gasteiger charge is 2.23. The van der Waals surface area contributed by atoms with Gasteiger partial charge in [0.05, 0.1) is 24.0 Å². The molecule has 0 aliphatic rings. The van der Waals surface area contributed by atoms with E-state index >= 15 is 0 Å². The molecule has 28 heavy (non-hydrogen) atoms. The second kappa shape index (κ2) is 7.81. The maximum absolute atomic E-state index is 12.9. The van der Waals surface area contributed by atoms with Gasteiger partial charge < -0.3 is 15.2 Å². The summed E-state index contributed by atoms with van der Waals surface area (Å²) in [5, 5.41) is 12.2. The lowest BCUT2D eigenvalue weighted by molar-refractivity contribution is -0.118. The molecule has 2 N–H and O–H groups in total. The molecule has 9 heteroatoms. The van der Waals surface area contributed by atoms with Gasteiger partial charge in [-0.15, -0.1) is 11.3 Å². The average Bonchev–Trinajstić information content (AvgIpc) is 3.01. The fourth-order valence-corrected chi connectivity index (χ4v) is 3.81. The molecule has 0 bridgehead atoms. The topological polar surface area (TPSA) is 111 Å². The molecule has 3 aromatic rings. The lowest BCUT2D eigenvalue weighted by Crippen LogP contribution is -2.31.